The minimum absolute atomic E-state index is 0.140. The van der Waals surface area contributed by atoms with Gasteiger partial charge in [-0.1, -0.05) is 6.07 Å². The Labute approximate surface area is 123 Å². The Hall–Kier alpha value is -1.95. The molecule has 0 unspecified atom stereocenters. The lowest BCUT2D eigenvalue weighted by Crippen LogP contribution is -2.41. The SMILES string of the molecule is CN=c1c(C(C)(C)O)cccn1C(=N)C1(C(=O)OC)CC1. The van der Waals surface area contributed by atoms with Crippen molar-refractivity contribution >= 4 is 11.8 Å². The summed E-state index contributed by atoms with van der Waals surface area (Å²) in [5.41, 5.74) is -0.875. The molecule has 0 amide bonds. The van der Waals surface area contributed by atoms with Crippen molar-refractivity contribution in [2.45, 2.75) is 32.3 Å². The molecule has 0 spiro atoms. The van der Waals surface area contributed by atoms with Crippen molar-refractivity contribution in [2.75, 3.05) is 14.2 Å². The Balaban J connectivity index is 2.57. The lowest BCUT2D eigenvalue weighted by molar-refractivity contribution is -0.144. The molecule has 0 aromatic carbocycles. The summed E-state index contributed by atoms with van der Waals surface area (Å²) >= 11 is 0. The van der Waals surface area contributed by atoms with Gasteiger partial charge in [0, 0.05) is 18.8 Å². The van der Waals surface area contributed by atoms with Crippen LogP contribution in [0.25, 0.3) is 0 Å². The Morgan fingerprint density at radius 2 is 2.14 bits per heavy atom. The Bertz CT molecular complexity index is 649. The van der Waals surface area contributed by atoms with E-state index in [2.05, 4.69) is 4.99 Å². The van der Waals surface area contributed by atoms with Crippen molar-refractivity contribution < 1.29 is 14.6 Å². The van der Waals surface area contributed by atoms with Gasteiger partial charge in [0.25, 0.3) is 0 Å². The van der Waals surface area contributed by atoms with Gasteiger partial charge in [-0.15, -0.1) is 0 Å². The van der Waals surface area contributed by atoms with Crippen molar-refractivity contribution in [3.8, 4) is 0 Å². The van der Waals surface area contributed by atoms with Gasteiger partial charge in [-0.3, -0.25) is 19.8 Å². The first kappa shape index (κ1) is 15.4. The smallest absolute Gasteiger partial charge is 0.319 e. The van der Waals surface area contributed by atoms with Crippen LogP contribution >= 0.6 is 0 Å². The number of nitrogens with zero attached hydrogens (tertiary/aromatic N) is 2. The zero-order valence-electron chi connectivity index (χ0n) is 12.8. The largest absolute Gasteiger partial charge is 0.468 e. The normalized spacial score (nSPS) is 17.5. The third kappa shape index (κ3) is 2.51. The summed E-state index contributed by atoms with van der Waals surface area (Å²) in [5, 5.41) is 18.6. The average Bonchev–Trinajstić information content (AvgIpc) is 3.25. The second-order valence-corrected chi connectivity index (χ2v) is 5.82. The maximum atomic E-state index is 11.9. The van der Waals surface area contributed by atoms with Crippen molar-refractivity contribution in [1.29, 1.82) is 5.41 Å². The van der Waals surface area contributed by atoms with Gasteiger partial charge in [0.1, 0.15) is 16.7 Å². The number of carbonyl (C=O) groups excluding carboxylic acids is 1. The van der Waals surface area contributed by atoms with Gasteiger partial charge >= 0.3 is 5.97 Å². The van der Waals surface area contributed by atoms with Crippen molar-refractivity contribution in [3.05, 3.63) is 29.4 Å². The number of methoxy groups -OCH3 is 1. The molecule has 1 aliphatic rings. The molecule has 0 radical (unpaired) electrons. The average molecular weight is 291 g/mol. The predicted molar refractivity (Wildman–Crippen MR) is 78.0 cm³/mol. The summed E-state index contributed by atoms with van der Waals surface area (Å²) in [6.45, 7) is 3.33. The van der Waals surface area contributed by atoms with E-state index in [0.717, 1.165) is 0 Å². The number of nitrogens with one attached hydrogen (secondary N) is 1. The van der Waals surface area contributed by atoms with E-state index in [1.807, 2.05) is 0 Å². The first-order chi connectivity index (χ1) is 9.78. The molecule has 1 aromatic rings. The zero-order valence-corrected chi connectivity index (χ0v) is 12.8. The van der Waals surface area contributed by atoms with Gasteiger partial charge in [0.05, 0.1) is 12.7 Å². The van der Waals surface area contributed by atoms with Crippen LogP contribution in [0.15, 0.2) is 23.3 Å². The first-order valence-corrected chi connectivity index (χ1v) is 6.83. The third-order valence-electron chi connectivity index (χ3n) is 3.86. The molecule has 1 heterocycles. The Morgan fingerprint density at radius 3 is 2.57 bits per heavy atom. The highest BCUT2D eigenvalue weighted by Crippen LogP contribution is 2.47. The molecule has 1 aromatic heterocycles. The summed E-state index contributed by atoms with van der Waals surface area (Å²) in [7, 11) is 2.94. The number of hydrogen-bond acceptors (Lipinski definition) is 5. The quantitative estimate of drug-likeness (QED) is 0.495. The van der Waals surface area contributed by atoms with Crippen molar-refractivity contribution in [1.82, 2.24) is 4.57 Å². The molecule has 1 saturated carbocycles. The van der Waals surface area contributed by atoms with E-state index in [1.54, 1.807) is 43.8 Å². The Kier molecular flexibility index (Phi) is 3.76. The molecule has 21 heavy (non-hydrogen) atoms. The predicted octanol–water partition coefficient (Wildman–Crippen LogP) is 1.02. The van der Waals surface area contributed by atoms with Crippen LogP contribution in [0, 0.1) is 10.8 Å². The van der Waals surface area contributed by atoms with Crippen LogP contribution in [-0.4, -0.2) is 35.6 Å². The number of pyridine rings is 1. The molecule has 0 saturated heterocycles. The number of carbonyl (C=O) groups is 1. The van der Waals surface area contributed by atoms with E-state index in [-0.39, 0.29) is 5.84 Å². The van der Waals surface area contributed by atoms with E-state index in [0.29, 0.717) is 23.9 Å². The van der Waals surface area contributed by atoms with Gasteiger partial charge in [-0.05, 0) is 32.8 Å². The van der Waals surface area contributed by atoms with E-state index in [1.165, 1.54) is 7.11 Å². The topological polar surface area (TPSA) is 87.7 Å². The van der Waals surface area contributed by atoms with Crippen LogP contribution in [0.3, 0.4) is 0 Å². The minimum Gasteiger partial charge on any atom is -0.468 e. The monoisotopic (exact) mass is 291 g/mol. The van der Waals surface area contributed by atoms with E-state index < -0.39 is 17.0 Å². The summed E-state index contributed by atoms with van der Waals surface area (Å²) in [5.74, 6) is -0.253. The summed E-state index contributed by atoms with van der Waals surface area (Å²) in [6, 6.07) is 3.51. The standard InChI is InChI=1S/C15H21N3O3/c1-14(2,20)10-6-5-9-18(11(10)17-3)12(16)15(7-8-15)13(19)21-4/h5-6,9,16,20H,7-8H2,1-4H3. The van der Waals surface area contributed by atoms with Gasteiger partial charge in [0.15, 0.2) is 0 Å². The van der Waals surface area contributed by atoms with Crippen molar-refractivity contribution in [3.63, 3.8) is 0 Å². The Morgan fingerprint density at radius 1 is 1.52 bits per heavy atom. The fraction of sp³-hybridized carbons (Fsp3) is 0.533. The number of aliphatic hydroxyl groups is 1. The van der Waals surface area contributed by atoms with Crippen LogP contribution in [0.5, 0.6) is 0 Å². The number of rotatable bonds is 3. The maximum Gasteiger partial charge on any atom is 0.319 e. The molecule has 1 fully saturated rings. The van der Waals surface area contributed by atoms with Crippen LogP contribution in [0.2, 0.25) is 0 Å². The van der Waals surface area contributed by atoms with Crippen LogP contribution in [-0.2, 0) is 15.1 Å². The number of hydrogen-bond donors (Lipinski definition) is 2. The highest BCUT2D eigenvalue weighted by atomic mass is 16.5. The summed E-state index contributed by atoms with van der Waals surface area (Å²) in [4.78, 5) is 16.1. The molecular formula is C15H21N3O3. The summed E-state index contributed by atoms with van der Waals surface area (Å²) in [6.07, 6.45) is 2.88. The molecule has 0 aliphatic heterocycles. The molecule has 0 atom stereocenters. The molecule has 2 N–H and O–H groups in total. The molecule has 6 heteroatoms. The highest BCUT2D eigenvalue weighted by Gasteiger charge is 2.56. The zero-order chi connectivity index (χ0) is 15.8. The lowest BCUT2D eigenvalue weighted by atomic mass is 9.99. The summed E-state index contributed by atoms with van der Waals surface area (Å²) < 4.78 is 6.37. The number of aromatic nitrogens is 1. The second kappa shape index (κ2) is 5.11. The van der Waals surface area contributed by atoms with Gasteiger partial charge in [-0.25, -0.2) is 0 Å². The van der Waals surface area contributed by atoms with E-state index in [9.17, 15) is 9.90 Å². The molecule has 2 rings (SSSR count). The van der Waals surface area contributed by atoms with Crippen LogP contribution in [0.4, 0.5) is 0 Å². The molecular weight excluding hydrogens is 270 g/mol. The molecule has 1 aliphatic carbocycles. The maximum absolute atomic E-state index is 11.9. The molecule has 0 bridgehead atoms. The third-order valence-corrected chi connectivity index (χ3v) is 3.86. The minimum atomic E-state index is -1.08. The van der Waals surface area contributed by atoms with Crippen LogP contribution < -0.4 is 5.49 Å². The lowest BCUT2D eigenvalue weighted by Gasteiger charge is -2.22. The molecule has 114 valence electrons. The van der Waals surface area contributed by atoms with E-state index >= 15 is 0 Å². The number of ether oxygens (including phenoxy) is 1. The molecule has 6 nitrogen and oxygen atoms in total. The first-order valence-electron chi connectivity index (χ1n) is 6.83. The fourth-order valence-corrected chi connectivity index (χ4v) is 2.47. The van der Waals surface area contributed by atoms with E-state index in [4.69, 9.17) is 10.1 Å². The fourth-order valence-electron chi connectivity index (χ4n) is 2.47. The second-order valence-electron chi connectivity index (χ2n) is 5.82. The van der Waals surface area contributed by atoms with Crippen LogP contribution in [0.1, 0.15) is 32.3 Å². The van der Waals surface area contributed by atoms with Gasteiger partial charge in [0.2, 0.25) is 0 Å². The van der Waals surface area contributed by atoms with Gasteiger partial charge < -0.3 is 9.84 Å². The van der Waals surface area contributed by atoms with Crippen molar-refractivity contribution in [2.24, 2.45) is 10.4 Å². The van der Waals surface area contributed by atoms with Gasteiger partial charge in [-0.2, -0.15) is 0 Å². The number of esters is 1. The highest BCUT2D eigenvalue weighted by molar-refractivity contribution is 6.07.